The van der Waals surface area contributed by atoms with Crippen LogP contribution >= 0.6 is 0 Å². The highest BCUT2D eigenvalue weighted by Crippen LogP contribution is 2.59. The van der Waals surface area contributed by atoms with Gasteiger partial charge in [-0.25, -0.2) is 0 Å². The quantitative estimate of drug-likeness (QED) is 0.157. The smallest absolute Gasteiger partial charge is 0.218 e. The molecule has 256 valence electrons. The summed E-state index contributed by atoms with van der Waals surface area (Å²) in [6.45, 7) is 7.32. The van der Waals surface area contributed by atoms with Gasteiger partial charge in [-0.3, -0.25) is 0 Å². The van der Waals surface area contributed by atoms with Crippen LogP contribution in [0, 0.1) is 0 Å². The zero-order valence-electron chi connectivity index (χ0n) is 30.2. The highest BCUT2D eigenvalue weighted by Gasteiger charge is 2.70. The minimum absolute atomic E-state index is 0.130. The highest BCUT2D eigenvalue weighted by molar-refractivity contribution is 6.29. The van der Waals surface area contributed by atoms with E-state index >= 15 is 0 Å². The zero-order valence-corrected chi connectivity index (χ0v) is 30.2. The number of hydrogen-bond acceptors (Lipinski definition) is 1. The van der Waals surface area contributed by atoms with Crippen LogP contribution < -0.4 is 9.13 Å². The van der Waals surface area contributed by atoms with Crippen LogP contribution in [0.5, 0.6) is 0 Å². The molecule has 1 spiro atoms. The van der Waals surface area contributed by atoms with Crippen molar-refractivity contribution in [3.8, 4) is 22.5 Å². The molecule has 4 nitrogen and oxygen atoms in total. The third-order valence-corrected chi connectivity index (χ3v) is 14.0. The summed E-state index contributed by atoms with van der Waals surface area (Å²) < 4.78 is 14.4. The Balaban J connectivity index is 1.14. The third-order valence-electron chi connectivity index (χ3n) is 14.0. The van der Waals surface area contributed by atoms with Crippen LogP contribution in [0.15, 0.2) is 145 Å². The maximum atomic E-state index is 6.68. The van der Waals surface area contributed by atoms with E-state index in [0.29, 0.717) is 0 Å². The number of aromatic nitrogens is 3. The zero-order chi connectivity index (χ0) is 35.5. The van der Waals surface area contributed by atoms with Crippen molar-refractivity contribution in [2.45, 2.75) is 50.0 Å². The van der Waals surface area contributed by atoms with Crippen LogP contribution in [0.4, 0.5) is 0 Å². The van der Waals surface area contributed by atoms with Crippen molar-refractivity contribution < 1.29 is 13.6 Å². The molecular weight excluding hydrogens is 659 g/mol. The molecule has 13 rings (SSSR count). The Morgan fingerprint density at radius 2 is 1.52 bits per heavy atom. The number of pyridine rings is 2. The average Bonchev–Trinajstić information content (AvgIpc) is 3.86. The monoisotopic (exact) mass is 695 g/mol. The van der Waals surface area contributed by atoms with E-state index < -0.39 is 0 Å². The lowest BCUT2D eigenvalue weighted by molar-refractivity contribution is -0.816. The number of allylic oxidation sites excluding steroid dienone is 1. The van der Waals surface area contributed by atoms with Crippen molar-refractivity contribution in [1.29, 1.82) is 0 Å². The lowest BCUT2D eigenvalue weighted by atomic mass is 9.52. The van der Waals surface area contributed by atoms with Gasteiger partial charge in [-0.15, -0.1) is 0 Å². The lowest BCUT2D eigenvalue weighted by Crippen LogP contribution is -2.80. The average molecular weight is 696 g/mol. The molecule has 5 aromatic carbocycles. The van der Waals surface area contributed by atoms with Crippen molar-refractivity contribution in [3.63, 3.8) is 0 Å². The fourth-order valence-corrected chi connectivity index (χ4v) is 11.8. The van der Waals surface area contributed by atoms with E-state index in [9.17, 15) is 0 Å². The van der Waals surface area contributed by atoms with Gasteiger partial charge in [-0.05, 0) is 85.5 Å². The van der Waals surface area contributed by atoms with Gasteiger partial charge in [-0.2, -0.15) is 9.13 Å². The first-order chi connectivity index (χ1) is 26.6. The van der Waals surface area contributed by atoms with Crippen LogP contribution in [0.1, 0.15) is 43.0 Å². The second kappa shape index (κ2) is 9.83. The fraction of sp³-hybridized carbons (Fsp3) is 0.160. The number of benzene rings is 5. The summed E-state index contributed by atoms with van der Waals surface area (Å²) >= 11 is 0. The molecule has 2 unspecified atom stereocenters. The summed E-state index contributed by atoms with van der Waals surface area (Å²) in [5, 5.41) is 7.42. The van der Waals surface area contributed by atoms with Crippen LogP contribution in [-0.2, 0) is 23.8 Å². The molecule has 5 aromatic heterocycles. The molecule has 10 aromatic rings. The summed E-state index contributed by atoms with van der Waals surface area (Å²) in [5.41, 5.74) is 16.1. The Morgan fingerprint density at radius 3 is 2.46 bits per heavy atom. The number of aryl methyl sites for hydroxylation is 1. The first-order valence-corrected chi connectivity index (χ1v) is 19.5. The summed E-state index contributed by atoms with van der Waals surface area (Å²) in [6.07, 6.45) is 7.24. The Morgan fingerprint density at radius 1 is 0.704 bits per heavy atom. The van der Waals surface area contributed by atoms with E-state index in [4.69, 9.17) is 11.0 Å². The third kappa shape index (κ3) is 3.25. The van der Waals surface area contributed by atoms with Crippen molar-refractivity contribution >= 4 is 65.7 Å². The van der Waals surface area contributed by atoms with Crippen LogP contribution in [0.2, 0.25) is 0 Å². The van der Waals surface area contributed by atoms with Crippen molar-refractivity contribution in [2.75, 3.05) is 0 Å². The number of furan rings is 1. The van der Waals surface area contributed by atoms with Gasteiger partial charge in [0, 0.05) is 56.8 Å². The van der Waals surface area contributed by atoms with Crippen molar-refractivity contribution in [3.05, 3.63) is 157 Å². The molecule has 0 saturated heterocycles. The molecule has 4 heteroatoms. The first kappa shape index (κ1) is 29.2. The number of rotatable bonds is 1. The maximum Gasteiger partial charge on any atom is 0.218 e. The van der Waals surface area contributed by atoms with E-state index in [1.54, 1.807) is 0 Å². The Bertz CT molecular complexity index is 3310. The van der Waals surface area contributed by atoms with Gasteiger partial charge in [-0.1, -0.05) is 61.5 Å². The minimum atomic E-state index is -0.141. The van der Waals surface area contributed by atoms with Gasteiger partial charge >= 0.3 is 0 Å². The normalized spacial score (nSPS) is 20.3. The molecule has 3 aliphatic heterocycles. The molecule has 3 aliphatic rings. The van der Waals surface area contributed by atoms with E-state index in [0.717, 1.165) is 49.0 Å². The van der Waals surface area contributed by atoms with Gasteiger partial charge in [0.05, 0.1) is 45.8 Å². The molecule has 0 radical (unpaired) electrons. The molecular formula is C50H37N3O+2. The van der Waals surface area contributed by atoms with Crippen molar-refractivity contribution in [1.82, 2.24) is 4.40 Å². The molecule has 0 fully saturated rings. The van der Waals surface area contributed by atoms with Gasteiger partial charge < -0.3 is 8.82 Å². The Labute approximate surface area is 312 Å². The molecule has 0 amide bonds. The largest absolute Gasteiger partial charge is 0.455 e. The van der Waals surface area contributed by atoms with E-state index in [1.165, 1.54) is 88.2 Å². The van der Waals surface area contributed by atoms with E-state index in [1.807, 2.05) is 0 Å². The maximum absolute atomic E-state index is 6.68. The standard InChI is InChI=1S/C50H37N3O/c1-3-49-24-23-31-12-4-5-14-33(31)41-18-8-9-25-51(41)30(2)28-50(49)29-32-13-10-19-42(53(32)50)39-26-38-35-16-11-17-37-46-43(52(47(35)37)44(38)27-40(39)49)22-21-36-34-15-6-7-20-45(34)54-48(36)46/h4-22,25-27H,2-3,23-24,28-29H2,1H3/q+2. The second-order valence-electron chi connectivity index (χ2n) is 16.1. The van der Waals surface area contributed by atoms with Crippen LogP contribution in [0.25, 0.3) is 88.2 Å². The Hall–Kier alpha value is -6.26. The van der Waals surface area contributed by atoms with Gasteiger partial charge in [0.15, 0.2) is 23.1 Å². The van der Waals surface area contributed by atoms with Gasteiger partial charge in [0.25, 0.3) is 0 Å². The lowest BCUT2D eigenvalue weighted by Gasteiger charge is -2.54. The highest BCUT2D eigenvalue weighted by atomic mass is 16.3. The molecule has 54 heavy (non-hydrogen) atoms. The predicted molar refractivity (Wildman–Crippen MR) is 218 cm³/mol. The SMILES string of the molecule is C=C1CC23Cc4cccc([n+]42)-c2cc4c5cccc6c7c8oc9ccccc9c8ccc7n(c4cc2C3(CC)CCc2ccccc2-c2cccc[n+]21)c56. The van der Waals surface area contributed by atoms with Crippen LogP contribution in [0.3, 0.4) is 0 Å². The molecule has 0 aliphatic carbocycles. The number of para-hydroxylation sites is 2. The molecule has 8 heterocycles. The van der Waals surface area contributed by atoms with Crippen molar-refractivity contribution in [2.24, 2.45) is 0 Å². The number of nitrogens with zero attached hydrogens (tertiary/aromatic N) is 3. The minimum Gasteiger partial charge on any atom is -0.455 e. The summed E-state index contributed by atoms with van der Waals surface area (Å²) in [5.74, 6) is 0. The predicted octanol–water partition coefficient (Wildman–Crippen LogP) is 11.1. The van der Waals surface area contributed by atoms with Crippen LogP contribution in [-0.4, -0.2) is 4.40 Å². The molecule has 0 saturated carbocycles. The summed E-state index contributed by atoms with van der Waals surface area (Å²) in [6, 6.07) is 47.7. The molecule has 0 bridgehead atoms. The molecule has 2 atom stereocenters. The second-order valence-corrected chi connectivity index (χ2v) is 16.1. The number of hydrogen-bond donors (Lipinski definition) is 0. The van der Waals surface area contributed by atoms with E-state index in [-0.39, 0.29) is 11.0 Å². The first-order valence-electron chi connectivity index (χ1n) is 19.5. The fourth-order valence-electron chi connectivity index (χ4n) is 11.8. The number of fused-ring (bicyclic) bond motifs is 16. The van der Waals surface area contributed by atoms with Gasteiger partial charge in [0.2, 0.25) is 11.4 Å². The summed E-state index contributed by atoms with van der Waals surface area (Å²) in [4.78, 5) is 0. The summed E-state index contributed by atoms with van der Waals surface area (Å²) in [7, 11) is 0. The Kier molecular flexibility index (Phi) is 5.32. The molecule has 0 N–H and O–H groups in total. The topological polar surface area (TPSA) is 25.3 Å². The van der Waals surface area contributed by atoms with Gasteiger partial charge in [0.1, 0.15) is 11.2 Å². The van der Waals surface area contributed by atoms with E-state index in [2.05, 4.69) is 154 Å².